The molecule has 0 N–H and O–H groups in total. The first-order valence-corrected chi connectivity index (χ1v) is 11.1. The zero-order chi connectivity index (χ0) is 14.5. The van der Waals surface area contributed by atoms with Crippen LogP contribution in [0.2, 0.25) is 0 Å². The van der Waals surface area contributed by atoms with Crippen molar-refractivity contribution < 1.29 is 47.7 Å². The third-order valence-electron chi connectivity index (χ3n) is 4.75. The van der Waals surface area contributed by atoms with Crippen LogP contribution in [0.4, 0.5) is 0 Å². The first kappa shape index (κ1) is 18.7. The SMILES string of the molecule is C[C]1([Hf+2][C]2(C)C=Cc3ccccc32)C=Cc2ccccc21.[Cl-].[Cl-]. The predicted octanol–water partition coefficient (Wildman–Crippen LogP) is -1.04. The normalized spacial score (nSPS) is 25.8. The van der Waals surface area contributed by atoms with Crippen molar-refractivity contribution in [3.63, 3.8) is 0 Å². The van der Waals surface area contributed by atoms with Gasteiger partial charge in [0.1, 0.15) is 0 Å². The van der Waals surface area contributed by atoms with Gasteiger partial charge in [-0.05, 0) is 0 Å². The van der Waals surface area contributed by atoms with Gasteiger partial charge >= 0.3 is 138 Å². The van der Waals surface area contributed by atoms with Crippen molar-refractivity contribution >= 4 is 12.2 Å². The molecule has 0 heterocycles. The summed E-state index contributed by atoms with van der Waals surface area (Å²) in [6.07, 6.45) is 9.61. The van der Waals surface area contributed by atoms with Gasteiger partial charge in [0.25, 0.3) is 0 Å². The minimum atomic E-state index is -1.03. The maximum atomic E-state index is 2.47. The molecule has 4 rings (SSSR count). The molecule has 0 amide bonds. The molecular weight excluding hydrogens is 490 g/mol. The Labute approximate surface area is 162 Å². The summed E-state index contributed by atoms with van der Waals surface area (Å²) in [5, 5.41) is 0. The van der Waals surface area contributed by atoms with E-state index in [4.69, 9.17) is 0 Å². The zero-order valence-corrected chi connectivity index (χ0v) is 18.3. The second-order valence-electron chi connectivity index (χ2n) is 6.37. The molecule has 23 heavy (non-hydrogen) atoms. The fourth-order valence-electron chi connectivity index (χ4n) is 3.68. The van der Waals surface area contributed by atoms with Crippen LogP contribution >= 0.6 is 0 Å². The van der Waals surface area contributed by atoms with Crippen LogP contribution in [0.5, 0.6) is 0 Å². The number of fused-ring (bicyclic) bond motifs is 2. The van der Waals surface area contributed by atoms with Crippen LogP contribution in [0, 0.1) is 0 Å². The monoisotopic (exact) mass is 508 g/mol. The fourth-order valence-corrected chi connectivity index (χ4v) is 11.4. The molecule has 0 spiro atoms. The maximum Gasteiger partial charge on any atom is -1.00 e. The summed E-state index contributed by atoms with van der Waals surface area (Å²) < 4.78 is 0.625. The number of hydrogen-bond acceptors (Lipinski definition) is 0. The van der Waals surface area contributed by atoms with Gasteiger partial charge in [-0.15, -0.1) is 0 Å². The van der Waals surface area contributed by atoms with Crippen molar-refractivity contribution in [1.29, 1.82) is 0 Å². The van der Waals surface area contributed by atoms with Crippen molar-refractivity contribution in [2.45, 2.75) is 20.2 Å². The molecule has 116 valence electrons. The Morgan fingerprint density at radius 2 is 1.04 bits per heavy atom. The van der Waals surface area contributed by atoms with Gasteiger partial charge in [0.05, 0.1) is 0 Å². The van der Waals surface area contributed by atoms with E-state index in [-0.39, 0.29) is 24.8 Å². The third kappa shape index (κ3) is 3.04. The van der Waals surface area contributed by atoms with Crippen LogP contribution in [-0.4, -0.2) is 0 Å². The molecule has 0 bridgehead atoms. The molecule has 3 heteroatoms. The minimum Gasteiger partial charge on any atom is -1.00 e. The molecule has 0 aliphatic heterocycles. The van der Waals surface area contributed by atoms with Crippen molar-refractivity contribution in [2.75, 3.05) is 0 Å². The van der Waals surface area contributed by atoms with E-state index in [9.17, 15) is 0 Å². The van der Waals surface area contributed by atoms with E-state index in [0.29, 0.717) is 6.34 Å². The van der Waals surface area contributed by atoms with E-state index in [1.165, 1.54) is 11.1 Å². The Bertz CT molecular complexity index is 715. The number of benzene rings is 2. The molecule has 0 aromatic heterocycles. The topological polar surface area (TPSA) is 0 Å². The molecule has 2 atom stereocenters. The molecule has 0 nitrogen and oxygen atoms in total. The van der Waals surface area contributed by atoms with Crippen molar-refractivity contribution in [2.24, 2.45) is 0 Å². The molecule has 0 saturated carbocycles. The van der Waals surface area contributed by atoms with Gasteiger partial charge in [0, 0.05) is 0 Å². The van der Waals surface area contributed by atoms with Gasteiger partial charge in [-0.25, -0.2) is 0 Å². The van der Waals surface area contributed by atoms with E-state index in [1.54, 1.807) is 11.1 Å². The number of rotatable bonds is 2. The van der Waals surface area contributed by atoms with Crippen molar-refractivity contribution in [3.8, 4) is 0 Å². The average Bonchev–Trinajstić information content (AvgIpc) is 3.00. The molecule has 2 aliphatic rings. The first-order valence-electron chi connectivity index (χ1n) is 7.48. The third-order valence-corrected chi connectivity index (χ3v) is 11.6. The van der Waals surface area contributed by atoms with Gasteiger partial charge < -0.3 is 24.8 Å². The van der Waals surface area contributed by atoms with Crippen LogP contribution in [0.25, 0.3) is 12.2 Å². The van der Waals surface area contributed by atoms with Crippen LogP contribution in [0.15, 0.2) is 60.7 Å². The minimum absolute atomic E-state index is 0. The van der Waals surface area contributed by atoms with E-state index in [1.807, 2.05) is 0 Å². The Balaban J connectivity index is 0.000000960. The molecule has 2 aromatic rings. The quantitative estimate of drug-likeness (QED) is 0.456. The molecule has 2 aliphatic carbocycles. The van der Waals surface area contributed by atoms with E-state index in [0.717, 1.165) is 0 Å². The zero-order valence-electron chi connectivity index (χ0n) is 13.2. The fraction of sp³-hybridized carbons (Fsp3) is 0.200. The molecule has 0 fully saturated rings. The summed E-state index contributed by atoms with van der Waals surface area (Å²) in [7, 11) is 0. The van der Waals surface area contributed by atoms with E-state index < -0.39 is 22.9 Å². The second kappa shape index (κ2) is 6.70. The largest absolute Gasteiger partial charge is 1.00 e. The Hall–Kier alpha value is -0.630. The van der Waals surface area contributed by atoms with E-state index >= 15 is 0 Å². The molecule has 0 saturated heterocycles. The van der Waals surface area contributed by atoms with Gasteiger partial charge in [-0.2, -0.15) is 0 Å². The van der Waals surface area contributed by atoms with Gasteiger partial charge in [0.2, 0.25) is 0 Å². The average molecular weight is 508 g/mol. The molecular formula is C20H18Cl2Hf. The van der Waals surface area contributed by atoms with Crippen molar-refractivity contribution in [1.82, 2.24) is 0 Å². The number of allylic oxidation sites excluding steroid dienone is 2. The van der Waals surface area contributed by atoms with Gasteiger partial charge in [-0.1, -0.05) is 0 Å². The second-order valence-corrected chi connectivity index (χ2v) is 14.7. The smallest absolute Gasteiger partial charge is 1.00 e. The summed E-state index contributed by atoms with van der Waals surface area (Å²) in [5.41, 5.74) is 5.94. The Morgan fingerprint density at radius 3 is 1.48 bits per heavy atom. The van der Waals surface area contributed by atoms with Gasteiger partial charge in [0.15, 0.2) is 0 Å². The van der Waals surface area contributed by atoms with Crippen LogP contribution < -0.4 is 24.8 Å². The van der Waals surface area contributed by atoms with Crippen LogP contribution in [0.1, 0.15) is 36.1 Å². The molecule has 0 radical (unpaired) electrons. The standard InChI is InChI=1S/2C10H9.2ClH.Hf/c2*1-8-6-7-9-4-2-3-5-10(8)9;;;/h2*2-7H,1H3;2*1H;/q;;;;+2/p-2. The van der Waals surface area contributed by atoms with Crippen LogP contribution in [-0.2, 0) is 29.2 Å². The van der Waals surface area contributed by atoms with E-state index in [2.05, 4.69) is 86.7 Å². The predicted molar refractivity (Wildman–Crippen MR) is 85.7 cm³/mol. The summed E-state index contributed by atoms with van der Waals surface area (Å²) in [6, 6.07) is 17.8. The first-order chi connectivity index (χ1) is 10.1. The maximum absolute atomic E-state index is 2.47. The summed E-state index contributed by atoms with van der Waals surface area (Å²) in [5.74, 6) is 0. The summed E-state index contributed by atoms with van der Waals surface area (Å²) >= 11 is -1.03. The summed E-state index contributed by atoms with van der Waals surface area (Å²) in [4.78, 5) is 0. The van der Waals surface area contributed by atoms with Gasteiger partial charge in [-0.3, -0.25) is 0 Å². The summed E-state index contributed by atoms with van der Waals surface area (Å²) in [6.45, 7) is 4.91. The number of halogens is 2. The van der Waals surface area contributed by atoms with Crippen LogP contribution in [0.3, 0.4) is 0 Å². The molecule has 2 unspecified atom stereocenters. The number of hydrogen-bond donors (Lipinski definition) is 0. The van der Waals surface area contributed by atoms with Crippen molar-refractivity contribution in [3.05, 3.63) is 82.9 Å². The Kier molecular flexibility index (Phi) is 5.45. The Morgan fingerprint density at radius 1 is 0.652 bits per heavy atom. The molecule has 2 aromatic carbocycles.